The first kappa shape index (κ1) is 15.4. The Balaban J connectivity index is 2.71. The van der Waals surface area contributed by atoms with Crippen LogP contribution in [0, 0.1) is 17.5 Å². The van der Waals surface area contributed by atoms with Gasteiger partial charge in [-0.05, 0) is 12.1 Å². The van der Waals surface area contributed by atoms with Crippen molar-refractivity contribution in [1.29, 1.82) is 0 Å². The fraction of sp³-hybridized carbons (Fsp3) is 0. The quantitative estimate of drug-likeness (QED) is 0.846. The summed E-state index contributed by atoms with van der Waals surface area (Å²) in [4.78, 5) is 21.8. The molecule has 0 aromatic heterocycles. The van der Waals surface area contributed by atoms with E-state index in [2.05, 4.69) is 0 Å². The molecule has 0 radical (unpaired) electrons. The van der Waals surface area contributed by atoms with Crippen LogP contribution in [0.1, 0.15) is 20.7 Å². The van der Waals surface area contributed by atoms with Gasteiger partial charge in [0, 0.05) is 0 Å². The van der Waals surface area contributed by atoms with E-state index in [-0.39, 0.29) is 5.75 Å². The summed E-state index contributed by atoms with van der Waals surface area (Å²) >= 11 is 0. The van der Waals surface area contributed by atoms with Crippen molar-refractivity contribution in [2.75, 3.05) is 0 Å². The average Bonchev–Trinajstić information content (AvgIpc) is 2.47. The Kier molecular flexibility index (Phi) is 4.02. The maximum Gasteiger partial charge on any atom is 0.339 e. The Labute approximate surface area is 121 Å². The molecule has 8 heteroatoms. The number of carboxylic acid groups (broad SMARTS) is 2. The lowest BCUT2D eigenvalue weighted by atomic mass is 10.0. The molecule has 0 saturated heterocycles. The van der Waals surface area contributed by atoms with E-state index in [1.807, 2.05) is 0 Å². The van der Waals surface area contributed by atoms with Crippen molar-refractivity contribution >= 4 is 11.9 Å². The fourth-order valence-corrected chi connectivity index (χ4v) is 1.74. The van der Waals surface area contributed by atoms with Gasteiger partial charge in [-0.3, -0.25) is 0 Å². The van der Waals surface area contributed by atoms with Gasteiger partial charge in [-0.1, -0.05) is 18.2 Å². The number of carbonyl (C=O) groups is 2. The zero-order chi connectivity index (χ0) is 16.4. The molecule has 2 rings (SSSR count). The molecule has 114 valence electrons. The van der Waals surface area contributed by atoms with Crippen LogP contribution in [-0.4, -0.2) is 22.2 Å². The van der Waals surface area contributed by atoms with Crippen molar-refractivity contribution in [3.8, 4) is 11.5 Å². The predicted octanol–water partition coefficient (Wildman–Crippen LogP) is 3.29. The van der Waals surface area contributed by atoms with Gasteiger partial charge in [0.25, 0.3) is 0 Å². The van der Waals surface area contributed by atoms with Crippen LogP contribution in [0.2, 0.25) is 0 Å². The molecule has 0 saturated carbocycles. The molecule has 0 spiro atoms. The number of hydrogen-bond acceptors (Lipinski definition) is 3. The lowest BCUT2D eigenvalue weighted by molar-refractivity contribution is 0.0640. The maximum absolute atomic E-state index is 14.1. The molecule has 0 atom stereocenters. The second-order valence-corrected chi connectivity index (χ2v) is 4.05. The fourth-order valence-electron chi connectivity index (χ4n) is 1.74. The molecular weight excluding hydrogens is 305 g/mol. The highest BCUT2D eigenvalue weighted by Crippen LogP contribution is 2.34. The summed E-state index contributed by atoms with van der Waals surface area (Å²) in [7, 11) is 0. The summed E-state index contributed by atoms with van der Waals surface area (Å²) in [5.74, 6) is -11.3. The second-order valence-electron chi connectivity index (χ2n) is 4.05. The number of rotatable bonds is 4. The molecule has 2 aromatic rings. The Bertz CT molecular complexity index is 759. The summed E-state index contributed by atoms with van der Waals surface area (Å²) in [5, 5.41) is 17.6. The van der Waals surface area contributed by atoms with Crippen molar-refractivity contribution in [3.05, 3.63) is 58.9 Å². The number of halogens is 3. The summed E-state index contributed by atoms with van der Waals surface area (Å²) in [6, 6.07) is 7.09. The summed E-state index contributed by atoms with van der Waals surface area (Å²) in [6.45, 7) is 0. The largest absolute Gasteiger partial charge is 0.478 e. The van der Waals surface area contributed by atoms with Crippen LogP contribution in [0.15, 0.2) is 30.3 Å². The molecule has 0 amide bonds. The third-order valence-electron chi connectivity index (χ3n) is 2.67. The minimum atomic E-state index is -2.11. The number of para-hydroxylation sites is 1. The summed E-state index contributed by atoms with van der Waals surface area (Å²) in [5.41, 5.74) is -3.12. The summed E-state index contributed by atoms with van der Waals surface area (Å²) < 4.78 is 46.5. The Hall–Kier alpha value is -3.03. The first-order valence-electron chi connectivity index (χ1n) is 5.74. The normalized spacial score (nSPS) is 10.3. The van der Waals surface area contributed by atoms with E-state index in [9.17, 15) is 22.8 Å². The van der Waals surface area contributed by atoms with E-state index in [4.69, 9.17) is 14.9 Å². The van der Waals surface area contributed by atoms with Crippen LogP contribution in [0.4, 0.5) is 13.2 Å². The maximum atomic E-state index is 14.1. The molecule has 0 fully saturated rings. The van der Waals surface area contributed by atoms with Crippen LogP contribution >= 0.6 is 0 Å². The van der Waals surface area contributed by atoms with Gasteiger partial charge in [0.2, 0.25) is 11.6 Å². The molecule has 0 unspecified atom stereocenters. The first-order chi connectivity index (χ1) is 10.3. The third-order valence-corrected chi connectivity index (χ3v) is 2.67. The standard InChI is InChI=1S/C14H7F3O5/c15-9-7(13(18)19)8(14(20)21)10(16)12(11(9)17)22-6-4-2-1-3-5-6/h1-5H,(H,18,19)(H,20,21). The van der Waals surface area contributed by atoms with E-state index in [0.717, 1.165) is 0 Å². The predicted molar refractivity (Wildman–Crippen MR) is 66.8 cm³/mol. The minimum absolute atomic E-state index is 0.0842. The number of benzene rings is 2. The highest BCUT2D eigenvalue weighted by atomic mass is 19.2. The third kappa shape index (κ3) is 2.58. The number of carboxylic acids is 2. The Morgan fingerprint density at radius 1 is 0.818 bits per heavy atom. The zero-order valence-corrected chi connectivity index (χ0v) is 10.6. The number of aromatic carboxylic acids is 2. The highest BCUT2D eigenvalue weighted by Gasteiger charge is 2.33. The van der Waals surface area contributed by atoms with E-state index < -0.39 is 46.3 Å². The molecular formula is C14H7F3O5. The van der Waals surface area contributed by atoms with Crippen molar-refractivity contribution in [3.63, 3.8) is 0 Å². The molecule has 0 heterocycles. The van der Waals surface area contributed by atoms with Gasteiger partial charge in [-0.2, -0.15) is 4.39 Å². The van der Waals surface area contributed by atoms with E-state index in [1.165, 1.54) is 24.3 Å². The van der Waals surface area contributed by atoms with E-state index in [0.29, 0.717) is 0 Å². The molecule has 0 aliphatic rings. The van der Waals surface area contributed by atoms with Gasteiger partial charge in [-0.15, -0.1) is 0 Å². The molecule has 0 aliphatic carbocycles. The van der Waals surface area contributed by atoms with Crippen molar-refractivity contribution in [2.45, 2.75) is 0 Å². The van der Waals surface area contributed by atoms with Gasteiger partial charge >= 0.3 is 11.9 Å². The van der Waals surface area contributed by atoms with Crippen LogP contribution in [0.25, 0.3) is 0 Å². The van der Waals surface area contributed by atoms with Gasteiger partial charge in [0.05, 0.1) is 0 Å². The lowest BCUT2D eigenvalue weighted by Gasteiger charge is -2.12. The molecule has 2 N–H and O–H groups in total. The first-order valence-corrected chi connectivity index (χ1v) is 5.74. The topological polar surface area (TPSA) is 83.8 Å². The smallest absolute Gasteiger partial charge is 0.339 e. The number of hydrogen-bond donors (Lipinski definition) is 2. The van der Waals surface area contributed by atoms with Gasteiger partial charge in [-0.25, -0.2) is 18.4 Å². The van der Waals surface area contributed by atoms with Gasteiger partial charge in [0.1, 0.15) is 16.9 Å². The molecule has 0 aliphatic heterocycles. The Morgan fingerprint density at radius 3 is 1.82 bits per heavy atom. The second kappa shape index (κ2) is 5.76. The Morgan fingerprint density at radius 2 is 1.32 bits per heavy atom. The van der Waals surface area contributed by atoms with Crippen LogP contribution in [-0.2, 0) is 0 Å². The van der Waals surface area contributed by atoms with Crippen LogP contribution < -0.4 is 4.74 Å². The molecule has 5 nitrogen and oxygen atoms in total. The molecule has 22 heavy (non-hydrogen) atoms. The van der Waals surface area contributed by atoms with Crippen LogP contribution in [0.5, 0.6) is 11.5 Å². The van der Waals surface area contributed by atoms with Crippen molar-refractivity contribution in [2.24, 2.45) is 0 Å². The molecule has 2 aromatic carbocycles. The van der Waals surface area contributed by atoms with E-state index in [1.54, 1.807) is 6.07 Å². The summed E-state index contributed by atoms with van der Waals surface area (Å²) in [6.07, 6.45) is 0. The zero-order valence-electron chi connectivity index (χ0n) is 10.6. The average molecular weight is 312 g/mol. The van der Waals surface area contributed by atoms with Gasteiger partial charge in [0.15, 0.2) is 11.6 Å². The van der Waals surface area contributed by atoms with E-state index >= 15 is 0 Å². The molecule has 0 bridgehead atoms. The minimum Gasteiger partial charge on any atom is -0.478 e. The van der Waals surface area contributed by atoms with Gasteiger partial charge < -0.3 is 14.9 Å². The van der Waals surface area contributed by atoms with Crippen LogP contribution in [0.3, 0.4) is 0 Å². The number of ether oxygens (including phenoxy) is 1. The monoisotopic (exact) mass is 312 g/mol. The highest BCUT2D eigenvalue weighted by molar-refractivity contribution is 6.02. The lowest BCUT2D eigenvalue weighted by Crippen LogP contribution is -2.16. The van der Waals surface area contributed by atoms with Crippen molar-refractivity contribution < 1.29 is 37.7 Å². The van der Waals surface area contributed by atoms with Crippen molar-refractivity contribution in [1.82, 2.24) is 0 Å². The SMILES string of the molecule is O=C(O)c1c(F)c(F)c(Oc2ccccc2)c(F)c1C(=O)O.